The second kappa shape index (κ2) is 6.13. The van der Waals surface area contributed by atoms with E-state index in [-0.39, 0.29) is 24.1 Å². The first-order chi connectivity index (χ1) is 10.6. The third-order valence-corrected chi connectivity index (χ3v) is 3.83. The van der Waals surface area contributed by atoms with Crippen molar-refractivity contribution in [3.8, 4) is 0 Å². The van der Waals surface area contributed by atoms with Gasteiger partial charge in [0.15, 0.2) is 0 Å². The molecule has 1 aliphatic rings. The van der Waals surface area contributed by atoms with E-state index in [2.05, 4.69) is 11.1 Å². The molecule has 1 unspecified atom stereocenters. The van der Waals surface area contributed by atoms with E-state index < -0.39 is 0 Å². The Hall–Kier alpha value is -2.43. The van der Waals surface area contributed by atoms with Gasteiger partial charge in [-0.3, -0.25) is 14.0 Å². The Kier molecular flexibility index (Phi) is 4.04. The van der Waals surface area contributed by atoms with Crippen LogP contribution in [0.15, 0.2) is 41.3 Å². The number of hydrogen-bond donors (Lipinski definition) is 0. The Morgan fingerprint density at radius 1 is 1.41 bits per heavy atom. The van der Waals surface area contributed by atoms with E-state index in [9.17, 15) is 9.59 Å². The smallest absolute Gasteiger partial charge is 0.309 e. The predicted octanol–water partition coefficient (Wildman–Crippen LogP) is 2.40. The summed E-state index contributed by atoms with van der Waals surface area (Å²) >= 11 is 0. The molecular formula is C17H18N2O3. The van der Waals surface area contributed by atoms with Crippen molar-refractivity contribution in [3.05, 3.63) is 58.2 Å². The predicted molar refractivity (Wildman–Crippen MR) is 82.5 cm³/mol. The maximum atomic E-state index is 12.1. The number of nitrogens with zero attached hydrogens (tertiary/aromatic N) is 2. The van der Waals surface area contributed by atoms with Gasteiger partial charge in [-0.2, -0.15) is 0 Å². The number of carbonyl (C=O) groups is 1. The third kappa shape index (κ3) is 3.08. The molecule has 0 radical (unpaired) electrons. The number of aromatic nitrogens is 2. The average Bonchev–Trinajstić information content (AvgIpc) is 2.54. The van der Waals surface area contributed by atoms with Crippen molar-refractivity contribution in [2.75, 3.05) is 0 Å². The third-order valence-electron chi connectivity index (χ3n) is 3.83. The minimum Gasteiger partial charge on any atom is -0.459 e. The Morgan fingerprint density at radius 3 is 3.05 bits per heavy atom. The van der Waals surface area contributed by atoms with E-state index in [4.69, 9.17) is 4.74 Å². The van der Waals surface area contributed by atoms with Crippen molar-refractivity contribution in [1.82, 2.24) is 9.38 Å². The minimum absolute atomic E-state index is 0.0403. The molecule has 5 nitrogen and oxygen atoms in total. The van der Waals surface area contributed by atoms with Gasteiger partial charge in [-0.1, -0.05) is 18.2 Å². The SMILES string of the molecule is Cc1ccc2nc(COC(=O)C3CC=CCC3)cc(=O)n2c1. The number of allylic oxidation sites excluding steroid dienone is 2. The average molecular weight is 298 g/mol. The van der Waals surface area contributed by atoms with Gasteiger partial charge in [0.2, 0.25) is 0 Å². The molecule has 0 amide bonds. The molecule has 5 heteroatoms. The zero-order valence-corrected chi connectivity index (χ0v) is 12.5. The van der Waals surface area contributed by atoms with Gasteiger partial charge >= 0.3 is 5.97 Å². The summed E-state index contributed by atoms with van der Waals surface area (Å²) in [5, 5.41) is 0. The van der Waals surface area contributed by atoms with E-state index in [1.165, 1.54) is 10.5 Å². The van der Waals surface area contributed by atoms with Crippen LogP contribution in [0.3, 0.4) is 0 Å². The summed E-state index contributed by atoms with van der Waals surface area (Å²) in [4.78, 5) is 28.4. The van der Waals surface area contributed by atoms with Crippen LogP contribution >= 0.6 is 0 Å². The number of ether oxygens (including phenoxy) is 1. The second-order valence-corrected chi connectivity index (χ2v) is 5.61. The second-order valence-electron chi connectivity index (χ2n) is 5.61. The molecule has 1 atom stereocenters. The molecule has 2 aromatic rings. The van der Waals surface area contributed by atoms with Crippen molar-refractivity contribution in [1.29, 1.82) is 0 Å². The lowest BCUT2D eigenvalue weighted by Gasteiger charge is -2.16. The molecule has 0 aromatic carbocycles. The zero-order valence-electron chi connectivity index (χ0n) is 12.5. The van der Waals surface area contributed by atoms with Gasteiger partial charge in [-0.15, -0.1) is 0 Å². The van der Waals surface area contributed by atoms with Crippen LogP contribution in [-0.4, -0.2) is 15.4 Å². The summed E-state index contributed by atoms with van der Waals surface area (Å²) in [5.41, 5.74) is 1.86. The van der Waals surface area contributed by atoms with E-state index in [0.717, 1.165) is 24.8 Å². The molecule has 114 valence electrons. The molecule has 0 aliphatic heterocycles. The molecule has 3 rings (SSSR count). The zero-order chi connectivity index (χ0) is 15.5. The van der Waals surface area contributed by atoms with Crippen LogP contribution in [0.1, 0.15) is 30.5 Å². The monoisotopic (exact) mass is 298 g/mol. The quantitative estimate of drug-likeness (QED) is 0.645. The molecular weight excluding hydrogens is 280 g/mol. The van der Waals surface area contributed by atoms with E-state index >= 15 is 0 Å². The van der Waals surface area contributed by atoms with Gasteiger partial charge in [0, 0.05) is 12.3 Å². The van der Waals surface area contributed by atoms with Gasteiger partial charge in [-0.05, 0) is 37.8 Å². The van der Waals surface area contributed by atoms with Crippen LogP contribution in [-0.2, 0) is 16.1 Å². The van der Waals surface area contributed by atoms with E-state index in [1.54, 1.807) is 12.3 Å². The normalized spacial score (nSPS) is 17.6. The van der Waals surface area contributed by atoms with E-state index in [0.29, 0.717) is 11.3 Å². The molecule has 22 heavy (non-hydrogen) atoms. The largest absolute Gasteiger partial charge is 0.459 e. The number of esters is 1. The minimum atomic E-state index is -0.213. The highest BCUT2D eigenvalue weighted by Crippen LogP contribution is 2.19. The lowest BCUT2D eigenvalue weighted by Crippen LogP contribution is -2.20. The van der Waals surface area contributed by atoms with Crippen molar-refractivity contribution in [3.63, 3.8) is 0 Å². The van der Waals surface area contributed by atoms with Gasteiger partial charge in [-0.25, -0.2) is 4.98 Å². The maximum Gasteiger partial charge on any atom is 0.309 e. The van der Waals surface area contributed by atoms with Gasteiger partial charge in [0.25, 0.3) is 5.56 Å². The summed E-state index contributed by atoms with van der Waals surface area (Å²) in [6, 6.07) is 5.10. The first-order valence-electron chi connectivity index (χ1n) is 7.44. The number of carbonyl (C=O) groups excluding carboxylic acids is 1. The molecule has 0 N–H and O–H groups in total. The Balaban J connectivity index is 1.74. The van der Waals surface area contributed by atoms with Crippen LogP contribution in [0.4, 0.5) is 0 Å². The summed E-state index contributed by atoms with van der Waals surface area (Å²) in [6.45, 7) is 1.96. The summed E-state index contributed by atoms with van der Waals surface area (Å²) in [6.07, 6.45) is 8.30. The molecule has 0 saturated carbocycles. The number of rotatable bonds is 3. The van der Waals surface area contributed by atoms with E-state index in [1.807, 2.05) is 19.1 Å². The topological polar surface area (TPSA) is 60.7 Å². The maximum absolute atomic E-state index is 12.1. The van der Waals surface area contributed by atoms with Crippen LogP contribution in [0.25, 0.3) is 5.65 Å². The fourth-order valence-electron chi connectivity index (χ4n) is 2.60. The van der Waals surface area contributed by atoms with Gasteiger partial charge in [0.1, 0.15) is 12.3 Å². The van der Waals surface area contributed by atoms with Crippen LogP contribution in [0.2, 0.25) is 0 Å². The van der Waals surface area contributed by atoms with Crippen molar-refractivity contribution in [2.45, 2.75) is 32.8 Å². The number of hydrogen-bond acceptors (Lipinski definition) is 4. The molecule has 1 aliphatic carbocycles. The van der Waals surface area contributed by atoms with Crippen molar-refractivity contribution in [2.24, 2.45) is 5.92 Å². The molecule has 0 saturated heterocycles. The fraction of sp³-hybridized carbons (Fsp3) is 0.353. The Morgan fingerprint density at radius 2 is 2.27 bits per heavy atom. The highest BCUT2D eigenvalue weighted by atomic mass is 16.5. The standard InChI is InChI=1S/C17H18N2O3/c1-12-7-8-15-18-14(9-16(20)19(15)10-12)11-22-17(21)13-5-3-2-4-6-13/h2-3,7-10,13H,4-6,11H2,1H3. The summed E-state index contributed by atoms with van der Waals surface area (Å²) < 4.78 is 6.80. The number of aryl methyl sites for hydroxylation is 1. The lowest BCUT2D eigenvalue weighted by molar-refractivity contribution is -0.150. The number of fused-ring (bicyclic) bond motifs is 1. The molecule has 0 fully saturated rings. The van der Waals surface area contributed by atoms with Crippen LogP contribution < -0.4 is 5.56 Å². The first kappa shape index (κ1) is 14.5. The molecule has 2 heterocycles. The van der Waals surface area contributed by atoms with Crippen LogP contribution in [0, 0.1) is 12.8 Å². The van der Waals surface area contributed by atoms with Crippen molar-refractivity contribution < 1.29 is 9.53 Å². The highest BCUT2D eigenvalue weighted by molar-refractivity contribution is 5.72. The summed E-state index contributed by atoms with van der Waals surface area (Å²) in [5.74, 6) is -0.288. The molecule has 0 bridgehead atoms. The van der Waals surface area contributed by atoms with Crippen LogP contribution in [0.5, 0.6) is 0 Å². The Labute approximate surface area is 128 Å². The van der Waals surface area contributed by atoms with Gasteiger partial charge < -0.3 is 4.74 Å². The molecule has 0 spiro atoms. The van der Waals surface area contributed by atoms with Crippen molar-refractivity contribution >= 4 is 11.6 Å². The Bertz CT molecular complexity index is 792. The van der Waals surface area contributed by atoms with Gasteiger partial charge in [0.05, 0.1) is 11.6 Å². The lowest BCUT2D eigenvalue weighted by atomic mass is 9.95. The fourth-order valence-corrected chi connectivity index (χ4v) is 2.60. The molecule has 2 aromatic heterocycles. The first-order valence-corrected chi connectivity index (χ1v) is 7.44. The number of pyridine rings is 1. The highest BCUT2D eigenvalue weighted by Gasteiger charge is 2.20. The summed E-state index contributed by atoms with van der Waals surface area (Å²) in [7, 11) is 0.